The molecule has 0 saturated heterocycles. The van der Waals surface area contributed by atoms with Gasteiger partial charge in [0.2, 0.25) is 5.91 Å². The van der Waals surface area contributed by atoms with Crippen LogP contribution in [0.5, 0.6) is 11.5 Å². The topological polar surface area (TPSA) is 93.2 Å². The second-order valence-corrected chi connectivity index (χ2v) is 7.01. The molecule has 160 valence electrons. The first-order chi connectivity index (χ1) is 15.4. The summed E-state index contributed by atoms with van der Waals surface area (Å²) in [7, 11) is 1.60. The molecule has 0 spiro atoms. The first-order valence-corrected chi connectivity index (χ1v) is 9.60. The lowest BCUT2D eigenvalue weighted by molar-refractivity contribution is -0.111. The van der Waals surface area contributed by atoms with Crippen LogP contribution in [-0.4, -0.2) is 15.5 Å². The van der Waals surface area contributed by atoms with Gasteiger partial charge < -0.3 is 19.6 Å². The number of ether oxygens (including phenoxy) is 1. The van der Waals surface area contributed by atoms with E-state index in [1.807, 2.05) is 0 Å². The number of carbonyl (C=O) groups excluding carboxylic acids is 1. The van der Waals surface area contributed by atoms with E-state index in [0.717, 1.165) is 6.08 Å². The summed E-state index contributed by atoms with van der Waals surface area (Å²) in [5.41, 5.74) is 0.0590. The van der Waals surface area contributed by atoms with E-state index in [1.54, 1.807) is 37.5 Å². The average Bonchev–Trinajstić information content (AvgIpc) is 2.79. The Kier molecular flexibility index (Phi) is 5.43. The lowest BCUT2D eigenvalue weighted by atomic mass is 10.0. The van der Waals surface area contributed by atoms with E-state index in [2.05, 4.69) is 16.9 Å². The van der Waals surface area contributed by atoms with Gasteiger partial charge in [-0.15, -0.1) is 0 Å². The van der Waals surface area contributed by atoms with Crippen LogP contribution in [0.4, 0.5) is 10.2 Å². The molecular formula is C24H18FN3O4. The molecule has 2 aromatic heterocycles. The molecule has 32 heavy (non-hydrogen) atoms. The molecule has 8 heteroatoms. The van der Waals surface area contributed by atoms with Crippen molar-refractivity contribution in [2.45, 2.75) is 0 Å². The lowest BCUT2D eigenvalue weighted by Gasteiger charge is -2.15. The van der Waals surface area contributed by atoms with Crippen LogP contribution in [0.1, 0.15) is 0 Å². The second kappa shape index (κ2) is 8.35. The largest absolute Gasteiger partial charge is 0.451 e. The Balaban J connectivity index is 1.99. The molecule has 0 aliphatic rings. The number of H-pyrrole nitrogens is 1. The third-order valence-corrected chi connectivity index (χ3v) is 4.85. The molecule has 0 unspecified atom stereocenters. The number of fused-ring (bicyclic) bond motifs is 1. The second-order valence-electron chi connectivity index (χ2n) is 7.01. The fourth-order valence-corrected chi connectivity index (χ4v) is 3.35. The van der Waals surface area contributed by atoms with Gasteiger partial charge in [-0.2, -0.15) is 0 Å². The first kappa shape index (κ1) is 20.8. The van der Waals surface area contributed by atoms with Crippen LogP contribution < -0.4 is 21.2 Å². The van der Waals surface area contributed by atoms with E-state index >= 15 is 0 Å². The smallest absolute Gasteiger partial charge is 0.293 e. The molecule has 0 atom stereocenters. The summed E-state index contributed by atoms with van der Waals surface area (Å²) in [6, 6.07) is 13.7. The highest BCUT2D eigenvalue weighted by Crippen LogP contribution is 2.35. The highest BCUT2D eigenvalue weighted by molar-refractivity contribution is 6.00. The van der Waals surface area contributed by atoms with E-state index in [-0.39, 0.29) is 22.9 Å². The number of nitrogens with zero attached hydrogens (tertiary/aromatic N) is 1. The highest BCUT2D eigenvalue weighted by atomic mass is 19.1. The Morgan fingerprint density at radius 3 is 2.47 bits per heavy atom. The zero-order valence-corrected chi connectivity index (χ0v) is 17.0. The number of hydrogen-bond donors (Lipinski definition) is 2. The molecule has 0 radical (unpaired) electrons. The van der Waals surface area contributed by atoms with E-state index in [9.17, 15) is 18.8 Å². The molecule has 0 bridgehead atoms. The average molecular weight is 431 g/mol. The van der Waals surface area contributed by atoms with Gasteiger partial charge in [0.25, 0.3) is 11.1 Å². The first-order valence-electron chi connectivity index (χ1n) is 9.60. The van der Waals surface area contributed by atoms with E-state index in [4.69, 9.17) is 4.74 Å². The van der Waals surface area contributed by atoms with Crippen molar-refractivity contribution in [3.63, 3.8) is 0 Å². The molecule has 0 aliphatic carbocycles. The van der Waals surface area contributed by atoms with Gasteiger partial charge in [-0.05, 0) is 47.9 Å². The van der Waals surface area contributed by atoms with Gasteiger partial charge in [0.05, 0.1) is 0 Å². The van der Waals surface area contributed by atoms with Gasteiger partial charge in [-0.3, -0.25) is 14.4 Å². The summed E-state index contributed by atoms with van der Waals surface area (Å²) in [5.74, 6) is -0.659. The minimum absolute atomic E-state index is 0.0722. The van der Waals surface area contributed by atoms with Crippen molar-refractivity contribution in [1.29, 1.82) is 0 Å². The monoisotopic (exact) mass is 431 g/mol. The summed E-state index contributed by atoms with van der Waals surface area (Å²) in [5, 5.41) is 3.59. The highest BCUT2D eigenvalue weighted by Gasteiger charge is 2.18. The number of anilines is 1. The minimum atomic E-state index is -0.621. The van der Waals surface area contributed by atoms with Crippen LogP contribution >= 0.6 is 0 Å². The van der Waals surface area contributed by atoms with Gasteiger partial charge in [-0.25, -0.2) is 4.39 Å². The quantitative estimate of drug-likeness (QED) is 0.468. The number of pyridine rings is 2. The Morgan fingerprint density at radius 2 is 1.78 bits per heavy atom. The van der Waals surface area contributed by atoms with Gasteiger partial charge in [0.1, 0.15) is 17.4 Å². The zero-order valence-electron chi connectivity index (χ0n) is 17.0. The molecule has 7 nitrogen and oxygen atoms in total. The molecule has 1 amide bonds. The number of nitrogens with one attached hydrogen (secondary N) is 2. The van der Waals surface area contributed by atoms with Crippen molar-refractivity contribution in [3.8, 4) is 22.6 Å². The molecular weight excluding hydrogens is 413 g/mol. The Bertz CT molecular complexity index is 1470. The van der Waals surface area contributed by atoms with Crippen LogP contribution in [0.2, 0.25) is 0 Å². The number of aromatic nitrogens is 2. The lowest BCUT2D eigenvalue weighted by Crippen LogP contribution is -2.18. The molecule has 4 aromatic rings. The molecule has 0 fully saturated rings. The van der Waals surface area contributed by atoms with Crippen molar-refractivity contribution in [2.75, 3.05) is 5.32 Å². The third kappa shape index (κ3) is 3.93. The van der Waals surface area contributed by atoms with Crippen LogP contribution in [0.3, 0.4) is 0 Å². The van der Waals surface area contributed by atoms with Crippen LogP contribution in [-0.2, 0) is 11.8 Å². The summed E-state index contributed by atoms with van der Waals surface area (Å²) in [6.45, 7) is 3.41. The van der Waals surface area contributed by atoms with E-state index in [1.165, 1.54) is 34.9 Å². The Hall–Kier alpha value is -4.46. The summed E-state index contributed by atoms with van der Waals surface area (Å²) in [6.07, 6.45) is 2.67. The van der Waals surface area contributed by atoms with Crippen LogP contribution in [0, 0.1) is 5.82 Å². The fourth-order valence-electron chi connectivity index (χ4n) is 3.35. The molecule has 2 N–H and O–H groups in total. The molecule has 0 aliphatic heterocycles. The predicted molar refractivity (Wildman–Crippen MR) is 121 cm³/mol. The van der Waals surface area contributed by atoms with Crippen molar-refractivity contribution in [2.24, 2.45) is 7.05 Å². The van der Waals surface area contributed by atoms with Crippen molar-refractivity contribution >= 4 is 22.5 Å². The van der Waals surface area contributed by atoms with Crippen LogP contribution in [0.15, 0.2) is 83.0 Å². The number of halogens is 1. The molecule has 0 saturated carbocycles. The SMILES string of the molecule is C=CC(=O)Nc1cc(-c2cn(C)c(=O)c3ccccc23)c(Oc2ccc(F)cc2)c(=O)[nH]1. The number of carbonyl (C=O) groups is 1. The number of rotatable bonds is 5. The molecule has 2 heterocycles. The number of amides is 1. The minimum Gasteiger partial charge on any atom is -0.451 e. The van der Waals surface area contributed by atoms with Crippen molar-refractivity contribution in [1.82, 2.24) is 9.55 Å². The van der Waals surface area contributed by atoms with Gasteiger partial charge >= 0.3 is 0 Å². The number of hydrogen-bond acceptors (Lipinski definition) is 4. The maximum atomic E-state index is 13.3. The summed E-state index contributed by atoms with van der Waals surface area (Å²) < 4.78 is 20.5. The Morgan fingerprint density at radius 1 is 1.09 bits per heavy atom. The number of aryl methyl sites for hydroxylation is 1. The van der Waals surface area contributed by atoms with Gasteiger partial charge in [0.15, 0.2) is 5.75 Å². The van der Waals surface area contributed by atoms with E-state index in [0.29, 0.717) is 21.9 Å². The normalized spacial score (nSPS) is 10.7. The summed E-state index contributed by atoms with van der Waals surface area (Å²) in [4.78, 5) is 39.9. The predicted octanol–water partition coefficient (Wildman–Crippen LogP) is 3.95. The van der Waals surface area contributed by atoms with Gasteiger partial charge in [-0.1, -0.05) is 24.8 Å². The fraction of sp³-hybridized carbons (Fsp3) is 0.0417. The van der Waals surface area contributed by atoms with Crippen molar-refractivity contribution in [3.05, 3.63) is 100.0 Å². The number of aromatic amines is 1. The maximum absolute atomic E-state index is 13.3. The standard InChI is InChI=1S/C24H18FN3O4/c1-3-21(29)26-20-12-18(19-13-28(2)24(31)17-7-5-4-6-16(17)19)22(23(30)27-20)32-15-10-8-14(25)9-11-15/h3-13H,1H2,2H3,(H2,26,27,29,30). The van der Waals surface area contributed by atoms with Crippen molar-refractivity contribution < 1.29 is 13.9 Å². The Labute approximate surface area is 181 Å². The molecule has 4 rings (SSSR count). The third-order valence-electron chi connectivity index (χ3n) is 4.85. The zero-order chi connectivity index (χ0) is 22.8. The number of benzene rings is 2. The van der Waals surface area contributed by atoms with Crippen LogP contribution in [0.25, 0.3) is 21.9 Å². The molecule has 2 aromatic carbocycles. The maximum Gasteiger partial charge on any atom is 0.293 e. The summed E-state index contributed by atoms with van der Waals surface area (Å²) >= 11 is 0. The van der Waals surface area contributed by atoms with E-state index < -0.39 is 17.3 Å². The van der Waals surface area contributed by atoms with Gasteiger partial charge in [0, 0.05) is 29.8 Å².